The molecule has 1 heterocycles. The van der Waals surface area contributed by atoms with E-state index in [1.807, 2.05) is 29.2 Å². The molecule has 1 fully saturated rings. The first-order valence-corrected chi connectivity index (χ1v) is 7.58. The van der Waals surface area contributed by atoms with Gasteiger partial charge in [-0.05, 0) is 43.9 Å². The smallest absolute Gasteiger partial charge is 0.254 e. The van der Waals surface area contributed by atoms with Crippen molar-refractivity contribution in [3.05, 3.63) is 41.5 Å². The monoisotopic (exact) mass is 283 g/mol. The van der Waals surface area contributed by atoms with Gasteiger partial charge in [0.2, 0.25) is 0 Å². The van der Waals surface area contributed by atoms with Gasteiger partial charge in [0, 0.05) is 29.4 Å². The molecule has 1 saturated heterocycles. The number of likely N-dealkylation sites (tertiary alicyclic amines) is 1. The summed E-state index contributed by atoms with van der Waals surface area (Å²) in [6.07, 6.45) is 3.45. The van der Waals surface area contributed by atoms with E-state index in [9.17, 15) is 4.79 Å². The van der Waals surface area contributed by atoms with Gasteiger partial charge in [-0.3, -0.25) is 4.79 Å². The minimum absolute atomic E-state index is 0.150. The highest BCUT2D eigenvalue weighted by Crippen LogP contribution is 2.31. The lowest BCUT2D eigenvalue weighted by Crippen LogP contribution is -2.35. The first-order valence-electron chi connectivity index (χ1n) is 7.58. The fraction of sp³-hybridized carbons (Fsp3) is 0.389. The lowest BCUT2D eigenvalue weighted by Gasteiger charge is -2.27. The molecule has 2 aromatic rings. The van der Waals surface area contributed by atoms with Gasteiger partial charge < -0.3 is 9.64 Å². The topological polar surface area (TPSA) is 29.5 Å². The largest absolute Gasteiger partial charge is 0.496 e. The Morgan fingerprint density at radius 2 is 1.86 bits per heavy atom. The summed E-state index contributed by atoms with van der Waals surface area (Å²) in [5, 5.41) is 2.03. The van der Waals surface area contributed by atoms with Gasteiger partial charge in [0.25, 0.3) is 5.91 Å². The number of methoxy groups -OCH3 is 1. The molecule has 21 heavy (non-hydrogen) atoms. The second-order valence-corrected chi connectivity index (χ2v) is 5.67. The third-order valence-corrected chi connectivity index (χ3v) is 4.30. The Kier molecular flexibility index (Phi) is 3.82. The van der Waals surface area contributed by atoms with Gasteiger partial charge in [-0.25, -0.2) is 0 Å². The van der Waals surface area contributed by atoms with E-state index in [0.29, 0.717) is 0 Å². The summed E-state index contributed by atoms with van der Waals surface area (Å²) in [5.74, 6) is 0.973. The van der Waals surface area contributed by atoms with Crippen LogP contribution in [0.3, 0.4) is 0 Å². The highest BCUT2D eigenvalue weighted by molar-refractivity contribution is 6.09. The molecule has 0 spiro atoms. The van der Waals surface area contributed by atoms with Gasteiger partial charge in [-0.2, -0.15) is 0 Å². The van der Waals surface area contributed by atoms with E-state index >= 15 is 0 Å². The van der Waals surface area contributed by atoms with E-state index in [4.69, 9.17) is 4.74 Å². The molecular formula is C18H21NO2. The number of amides is 1. The van der Waals surface area contributed by atoms with E-state index in [1.165, 1.54) is 6.42 Å². The third kappa shape index (κ3) is 2.48. The van der Waals surface area contributed by atoms with Crippen molar-refractivity contribution >= 4 is 16.7 Å². The lowest BCUT2D eigenvalue weighted by molar-refractivity contribution is 0.0726. The number of benzene rings is 2. The molecule has 1 aliphatic rings. The van der Waals surface area contributed by atoms with Crippen molar-refractivity contribution in [1.82, 2.24) is 4.90 Å². The summed E-state index contributed by atoms with van der Waals surface area (Å²) in [6.45, 7) is 3.80. The zero-order valence-corrected chi connectivity index (χ0v) is 12.7. The number of carbonyl (C=O) groups is 1. The molecule has 1 amide bonds. The fourth-order valence-corrected chi connectivity index (χ4v) is 3.19. The highest BCUT2D eigenvalue weighted by Gasteiger charge is 2.21. The zero-order valence-electron chi connectivity index (χ0n) is 12.7. The number of hydrogen-bond donors (Lipinski definition) is 0. The lowest BCUT2D eigenvalue weighted by atomic mass is 9.97. The number of ether oxygens (including phenoxy) is 1. The molecule has 0 aliphatic carbocycles. The van der Waals surface area contributed by atoms with Crippen molar-refractivity contribution in [3.8, 4) is 5.75 Å². The van der Waals surface area contributed by atoms with E-state index in [-0.39, 0.29) is 5.91 Å². The van der Waals surface area contributed by atoms with Crippen LogP contribution in [0.1, 0.15) is 35.2 Å². The number of nitrogens with zero attached hydrogens (tertiary/aromatic N) is 1. The Morgan fingerprint density at radius 1 is 1.10 bits per heavy atom. The van der Waals surface area contributed by atoms with E-state index in [1.54, 1.807) is 7.11 Å². The third-order valence-electron chi connectivity index (χ3n) is 4.30. The minimum Gasteiger partial charge on any atom is -0.496 e. The average Bonchev–Trinajstić information content (AvgIpc) is 2.54. The number of rotatable bonds is 2. The maximum absolute atomic E-state index is 12.9. The number of fused-ring (bicyclic) bond motifs is 1. The molecule has 0 N–H and O–H groups in total. The number of piperidine rings is 1. The minimum atomic E-state index is 0.150. The van der Waals surface area contributed by atoms with Crippen LogP contribution in [0.4, 0.5) is 0 Å². The van der Waals surface area contributed by atoms with Crippen molar-refractivity contribution < 1.29 is 9.53 Å². The molecule has 1 aliphatic heterocycles. The summed E-state index contributed by atoms with van der Waals surface area (Å²) in [7, 11) is 1.67. The van der Waals surface area contributed by atoms with Crippen molar-refractivity contribution in [2.75, 3.05) is 20.2 Å². The standard InChI is InChI=1S/C18H21NO2/c1-13-7-6-8-14-16(21-2)10-9-15(17(13)14)18(20)19-11-4-3-5-12-19/h6-10H,3-5,11-12H2,1-2H3. The Bertz CT molecular complexity index is 672. The zero-order chi connectivity index (χ0) is 14.8. The van der Waals surface area contributed by atoms with Crippen molar-refractivity contribution in [2.24, 2.45) is 0 Å². The molecular weight excluding hydrogens is 262 g/mol. The number of carbonyl (C=O) groups excluding carboxylic acids is 1. The Morgan fingerprint density at radius 3 is 2.57 bits per heavy atom. The summed E-state index contributed by atoms with van der Waals surface area (Å²) in [4.78, 5) is 14.8. The van der Waals surface area contributed by atoms with Crippen LogP contribution in [-0.2, 0) is 0 Å². The van der Waals surface area contributed by atoms with Gasteiger partial charge in [0.05, 0.1) is 7.11 Å². The van der Waals surface area contributed by atoms with E-state index < -0.39 is 0 Å². The molecule has 3 nitrogen and oxygen atoms in total. The first kappa shape index (κ1) is 13.9. The Labute approximate surface area is 125 Å². The van der Waals surface area contributed by atoms with Crippen LogP contribution in [-0.4, -0.2) is 31.0 Å². The molecule has 0 unspecified atom stereocenters. The number of hydrogen-bond acceptors (Lipinski definition) is 2. The first-order chi connectivity index (χ1) is 10.2. The van der Waals surface area contributed by atoms with Crippen molar-refractivity contribution in [2.45, 2.75) is 26.2 Å². The van der Waals surface area contributed by atoms with Crippen LogP contribution in [0.15, 0.2) is 30.3 Å². The van der Waals surface area contributed by atoms with Gasteiger partial charge >= 0.3 is 0 Å². The summed E-state index contributed by atoms with van der Waals surface area (Å²) in [6, 6.07) is 9.89. The van der Waals surface area contributed by atoms with E-state index in [2.05, 4.69) is 13.0 Å². The molecule has 0 atom stereocenters. The van der Waals surface area contributed by atoms with E-state index in [0.717, 1.165) is 53.6 Å². The van der Waals surface area contributed by atoms with Gasteiger partial charge in [0.15, 0.2) is 0 Å². The van der Waals surface area contributed by atoms with Gasteiger partial charge in [-0.1, -0.05) is 18.2 Å². The SMILES string of the molecule is COc1ccc(C(=O)N2CCCCC2)c2c(C)cccc12. The van der Waals surface area contributed by atoms with Gasteiger partial charge in [0.1, 0.15) is 5.75 Å². The average molecular weight is 283 g/mol. The second kappa shape index (κ2) is 5.76. The number of aryl methyl sites for hydroxylation is 1. The highest BCUT2D eigenvalue weighted by atomic mass is 16.5. The van der Waals surface area contributed by atoms with Crippen LogP contribution in [0.5, 0.6) is 5.75 Å². The maximum atomic E-state index is 12.9. The summed E-state index contributed by atoms with van der Waals surface area (Å²) < 4.78 is 5.44. The van der Waals surface area contributed by atoms with Gasteiger partial charge in [-0.15, -0.1) is 0 Å². The van der Waals surface area contributed by atoms with Crippen LogP contribution in [0, 0.1) is 6.92 Å². The Balaban J connectivity index is 2.12. The predicted octanol–water partition coefficient (Wildman–Crippen LogP) is 3.78. The normalized spacial score (nSPS) is 15.2. The summed E-state index contributed by atoms with van der Waals surface area (Å²) in [5.41, 5.74) is 1.91. The second-order valence-electron chi connectivity index (χ2n) is 5.67. The molecule has 0 bridgehead atoms. The van der Waals surface area contributed by atoms with Crippen LogP contribution < -0.4 is 4.74 Å². The fourth-order valence-electron chi connectivity index (χ4n) is 3.19. The molecule has 0 aromatic heterocycles. The molecule has 0 radical (unpaired) electrons. The van der Waals surface area contributed by atoms with Crippen LogP contribution in [0.25, 0.3) is 10.8 Å². The molecule has 0 saturated carbocycles. The molecule has 2 aromatic carbocycles. The summed E-state index contributed by atoms with van der Waals surface area (Å²) >= 11 is 0. The Hall–Kier alpha value is -2.03. The predicted molar refractivity (Wildman–Crippen MR) is 85.0 cm³/mol. The molecule has 3 heteroatoms. The quantitative estimate of drug-likeness (QED) is 0.839. The van der Waals surface area contributed by atoms with Crippen LogP contribution >= 0.6 is 0 Å². The van der Waals surface area contributed by atoms with Crippen molar-refractivity contribution in [3.63, 3.8) is 0 Å². The molecule has 3 rings (SSSR count). The maximum Gasteiger partial charge on any atom is 0.254 e. The molecule has 110 valence electrons. The van der Waals surface area contributed by atoms with Crippen molar-refractivity contribution in [1.29, 1.82) is 0 Å². The van der Waals surface area contributed by atoms with Crippen LogP contribution in [0.2, 0.25) is 0 Å².